The fraction of sp³-hybridized carbons (Fsp3) is 0.333. The Bertz CT molecular complexity index is 444. The van der Waals surface area contributed by atoms with E-state index in [1.807, 2.05) is 0 Å². The van der Waals surface area contributed by atoms with E-state index in [2.05, 4.69) is 76.3 Å². The van der Waals surface area contributed by atoms with E-state index in [0.717, 1.165) is 11.8 Å². The van der Waals surface area contributed by atoms with Gasteiger partial charge in [0, 0.05) is 0 Å². The average molecular weight is 412 g/mol. The van der Waals surface area contributed by atoms with Crippen LogP contribution in [0.5, 0.6) is 0 Å². The summed E-state index contributed by atoms with van der Waals surface area (Å²) < 4.78 is 0. The zero-order chi connectivity index (χ0) is 17.6. The quantitative estimate of drug-likeness (QED) is 0.377. The summed E-state index contributed by atoms with van der Waals surface area (Å²) in [6.45, 7) is 13.0. The molecule has 0 aliphatic heterocycles. The molecule has 0 aromatic heterocycles. The van der Waals surface area contributed by atoms with Crippen LogP contribution in [0.4, 0.5) is 0 Å². The fourth-order valence-electron chi connectivity index (χ4n) is 3.33. The first-order valence-corrected chi connectivity index (χ1v) is 8.96. The second-order valence-electron chi connectivity index (χ2n) is 6.20. The van der Waals surface area contributed by atoms with Crippen LogP contribution in [0.2, 0.25) is 0 Å². The molecule has 2 saturated carbocycles. The van der Waals surface area contributed by atoms with E-state index in [1.54, 1.807) is 11.1 Å². The van der Waals surface area contributed by atoms with Gasteiger partial charge in [-0.15, -0.1) is 37.1 Å². The first-order valence-electron chi connectivity index (χ1n) is 8.96. The smallest absolute Gasteiger partial charge is 0.245 e. The Labute approximate surface area is 175 Å². The second-order valence-corrected chi connectivity index (χ2v) is 6.20. The first-order chi connectivity index (χ1) is 11.8. The summed E-state index contributed by atoms with van der Waals surface area (Å²) >= 11 is 0. The first kappa shape index (κ1) is 23.8. The number of hydrogen-bond acceptors (Lipinski definition) is 0. The molecule has 0 saturated heterocycles. The SMILES string of the molecule is C1=CCC2CC[CH-]C2=C1.C1=CCC2CC[CH-]C2=C1.C=C[CH2-].C=C[CH2-].[Zr+4]. The van der Waals surface area contributed by atoms with Crippen LogP contribution in [0.25, 0.3) is 0 Å². The molecule has 4 rings (SSSR count). The Morgan fingerprint density at radius 2 is 1.20 bits per heavy atom. The van der Waals surface area contributed by atoms with Crippen molar-refractivity contribution in [1.82, 2.24) is 0 Å². The minimum atomic E-state index is 0. The summed E-state index contributed by atoms with van der Waals surface area (Å²) in [6.07, 6.45) is 29.1. The third kappa shape index (κ3) is 9.17. The van der Waals surface area contributed by atoms with Crippen LogP contribution < -0.4 is 0 Å². The van der Waals surface area contributed by atoms with Crippen molar-refractivity contribution in [1.29, 1.82) is 0 Å². The summed E-state index contributed by atoms with van der Waals surface area (Å²) in [4.78, 5) is 0. The predicted molar refractivity (Wildman–Crippen MR) is 109 cm³/mol. The molecule has 0 amide bonds. The average Bonchev–Trinajstić information content (AvgIpc) is 3.26. The summed E-state index contributed by atoms with van der Waals surface area (Å²) in [6, 6.07) is 0. The Morgan fingerprint density at radius 1 is 0.840 bits per heavy atom. The summed E-state index contributed by atoms with van der Waals surface area (Å²) in [5, 5.41) is 0. The van der Waals surface area contributed by atoms with Crippen molar-refractivity contribution in [3.05, 3.63) is 99.6 Å². The molecule has 1 heteroatoms. The van der Waals surface area contributed by atoms with Crippen molar-refractivity contribution in [2.24, 2.45) is 11.8 Å². The minimum absolute atomic E-state index is 0. The van der Waals surface area contributed by atoms with Gasteiger partial charge in [0.15, 0.2) is 0 Å². The largest absolute Gasteiger partial charge is 4.00 e. The van der Waals surface area contributed by atoms with Crippen LogP contribution in [-0.2, 0) is 26.2 Å². The Hall–Kier alpha value is -1.20. The van der Waals surface area contributed by atoms with Gasteiger partial charge in [-0.25, -0.2) is 75.3 Å². The van der Waals surface area contributed by atoms with E-state index in [9.17, 15) is 0 Å². The van der Waals surface area contributed by atoms with Gasteiger partial charge in [0.25, 0.3) is 0 Å². The molecule has 0 heterocycles. The fourth-order valence-corrected chi connectivity index (χ4v) is 3.33. The monoisotopic (exact) mass is 410 g/mol. The van der Waals surface area contributed by atoms with E-state index < -0.39 is 0 Å². The number of allylic oxidation sites excluding steroid dienone is 10. The van der Waals surface area contributed by atoms with Gasteiger partial charge in [-0.1, -0.05) is 12.8 Å². The van der Waals surface area contributed by atoms with E-state index >= 15 is 0 Å². The van der Waals surface area contributed by atoms with Crippen LogP contribution in [0, 0.1) is 38.5 Å². The molecule has 0 aromatic rings. The molecule has 0 aromatic carbocycles. The number of hydrogen-bond donors (Lipinski definition) is 0. The van der Waals surface area contributed by atoms with E-state index in [0.29, 0.717) is 0 Å². The summed E-state index contributed by atoms with van der Waals surface area (Å²) in [5.74, 6) is 1.77. The molecule has 0 nitrogen and oxygen atoms in total. The van der Waals surface area contributed by atoms with Crippen molar-refractivity contribution < 1.29 is 26.2 Å². The molecule has 132 valence electrons. The zero-order valence-corrected chi connectivity index (χ0v) is 18.0. The Balaban J connectivity index is 0.000000344. The molecule has 0 spiro atoms. The van der Waals surface area contributed by atoms with Gasteiger partial charge in [-0.05, 0) is 24.7 Å². The topological polar surface area (TPSA) is 0 Å². The predicted octanol–water partition coefficient (Wildman–Crippen LogP) is 6.98. The van der Waals surface area contributed by atoms with Gasteiger partial charge in [0.1, 0.15) is 0 Å². The van der Waals surface area contributed by atoms with Crippen molar-refractivity contribution in [3.8, 4) is 0 Å². The van der Waals surface area contributed by atoms with Crippen LogP contribution in [0.15, 0.2) is 72.9 Å². The molecule has 2 unspecified atom stereocenters. The van der Waals surface area contributed by atoms with Crippen molar-refractivity contribution in [2.75, 3.05) is 0 Å². The molecule has 2 fully saturated rings. The molecule has 0 radical (unpaired) electrons. The third-order valence-electron chi connectivity index (χ3n) is 4.42. The summed E-state index contributed by atoms with van der Waals surface area (Å²) in [5.41, 5.74) is 3.16. The third-order valence-corrected chi connectivity index (χ3v) is 4.42. The molecular weight excluding hydrogens is 379 g/mol. The molecule has 0 bridgehead atoms. The van der Waals surface area contributed by atoms with Crippen molar-refractivity contribution >= 4 is 0 Å². The van der Waals surface area contributed by atoms with E-state index in [-0.39, 0.29) is 26.2 Å². The maximum absolute atomic E-state index is 3.25. The van der Waals surface area contributed by atoms with Gasteiger partial charge in [-0.3, -0.25) is 0 Å². The molecule has 4 aliphatic rings. The maximum Gasteiger partial charge on any atom is 4.00 e. The van der Waals surface area contributed by atoms with E-state index in [4.69, 9.17) is 0 Å². The molecule has 4 aliphatic carbocycles. The Kier molecular flexibility index (Phi) is 14.4. The molecule has 0 N–H and O–H groups in total. The Morgan fingerprint density at radius 3 is 1.52 bits per heavy atom. The van der Waals surface area contributed by atoms with Gasteiger partial charge in [0.2, 0.25) is 0 Å². The molecular formula is C24H32Zr. The van der Waals surface area contributed by atoms with Crippen LogP contribution >= 0.6 is 0 Å². The zero-order valence-electron chi connectivity index (χ0n) is 15.5. The van der Waals surface area contributed by atoms with E-state index in [1.165, 1.54) is 50.7 Å². The summed E-state index contributed by atoms with van der Waals surface area (Å²) in [7, 11) is 0. The van der Waals surface area contributed by atoms with Crippen molar-refractivity contribution in [3.63, 3.8) is 0 Å². The normalized spacial score (nSPS) is 23.4. The van der Waals surface area contributed by atoms with Gasteiger partial charge in [-0.2, -0.15) is 0 Å². The van der Waals surface area contributed by atoms with Crippen LogP contribution in [0.1, 0.15) is 38.5 Å². The maximum atomic E-state index is 3.25. The minimum Gasteiger partial charge on any atom is -0.245 e. The van der Waals surface area contributed by atoms with Crippen LogP contribution in [-0.4, -0.2) is 0 Å². The second kappa shape index (κ2) is 15.1. The van der Waals surface area contributed by atoms with Gasteiger partial charge in [0.05, 0.1) is 0 Å². The number of rotatable bonds is 0. The van der Waals surface area contributed by atoms with Gasteiger partial charge < -0.3 is 0 Å². The standard InChI is InChI=1S/2C9H11.2C3H5.Zr/c2*1-2-5-9-7-3-6-8(9)4-1;2*1-3-2;/h2*1-2,4,6,9H,3,5,7H2;2*3H,1-2H2;/q4*-1;+4. The number of fused-ring (bicyclic) bond motifs is 2. The van der Waals surface area contributed by atoms with Crippen molar-refractivity contribution in [2.45, 2.75) is 38.5 Å². The molecule has 2 atom stereocenters. The van der Waals surface area contributed by atoms with Crippen LogP contribution in [0.3, 0.4) is 0 Å². The molecule has 25 heavy (non-hydrogen) atoms. The van der Waals surface area contributed by atoms with Gasteiger partial charge >= 0.3 is 26.2 Å².